The summed E-state index contributed by atoms with van der Waals surface area (Å²) in [6.07, 6.45) is 7.74. The van der Waals surface area contributed by atoms with Gasteiger partial charge in [0.1, 0.15) is 5.76 Å². The normalized spacial score (nSPS) is 15.8. The molecular formula is C20H34N4O2. The number of morpholine rings is 1. The molecular weight excluding hydrogens is 328 g/mol. The number of hydrogen-bond donors (Lipinski definition) is 1. The van der Waals surface area contributed by atoms with Gasteiger partial charge in [-0.25, -0.2) is 0 Å². The molecule has 0 unspecified atom stereocenters. The topological polar surface area (TPSA) is 53.2 Å². The molecule has 1 aromatic heterocycles. The van der Waals surface area contributed by atoms with Crippen molar-refractivity contribution in [2.75, 3.05) is 59.5 Å². The van der Waals surface area contributed by atoms with E-state index in [9.17, 15) is 0 Å². The zero-order chi connectivity index (χ0) is 18.5. The Morgan fingerprint density at radius 2 is 2.23 bits per heavy atom. The molecule has 0 spiro atoms. The highest BCUT2D eigenvalue weighted by atomic mass is 16.5. The van der Waals surface area contributed by atoms with E-state index in [2.05, 4.69) is 28.7 Å². The van der Waals surface area contributed by atoms with E-state index < -0.39 is 0 Å². The number of hydrogen-bond acceptors (Lipinski definition) is 4. The largest absolute Gasteiger partial charge is 0.469 e. The maximum atomic E-state index is 5.40. The van der Waals surface area contributed by atoms with Crippen molar-refractivity contribution in [2.24, 2.45) is 4.99 Å². The van der Waals surface area contributed by atoms with E-state index in [-0.39, 0.29) is 0 Å². The van der Waals surface area contributed by atoms with Crippen molar-refractivity contribution in [3.63, 3.8) is 0 Å². The van der Waals surface area contributed by atoms with Crippen molar-refractivity contribution in [2.45, 2.75) is 25.7 Å². The van der Waals surface area contributed by atoms with Crippen LogP contribution in [0, 0.1) is 0 Å². The van der Waals surface area contributed by atoms with Crippen molar-refractivity contribution in [3.8, 4) is 0 Å². The van der Waals surface area contributed by atoms with Crippen molar-refractivity contribution in [1.82, 2.24) is 15.1 Å². The molecule has 146 valence electrons. The summed E-state index contributed by atoms with van der Waals surface area (Å²) in [6.45, 7) is 11.3. The molecule has 1 aromatic rings. The fourth-order valence-corrected chi connectivity index (χ4v) is 2.95. The molecule has 0 aromatic carbocycles. The first kappa shape index (κ1) is 20.5. The molecule has 6 heteroatoms. The summed E-state index contributed by atoms with van der Waals surface area (Å²) >= 11 is 0. The Bertz CT molecular complexity index is 510. The zero-order valence-corrected chi connectivity index (χ0v) is 16.2. The number of unbranched alkanes of at least 4 members (excludes halogenated alkanes) is 1. The van der Waals surface area contributed by atoms with E-state index in [1.54, 1.807) is 6.26 Å². The number of furan rings is 1. The fourth-order valence-electron chi connectivity index (χ4n) is 2.95. The van der Waals surface area contributed by atoms with Gasteiger partial charge in [0.2, 0.25) is 0 Å². The Morgan fingerprint density at radius 1 is 1.38 bits per heavy atom. The molecule has 6 nitrogen and oxygen atoms in total. The number of aliphatic imine (C=N–C) groups is 1. The first-order chi connectivity index (χ1) is 12.8. The minimum absolute atomic E-state index is 0.821. The number of rotatable bonds is 11. The molecule has 1 saturated heterocycles. The van der Waals surface area contributed by atoms with E-state index in [0.29, 0.717) is 0 Å². The van der Waals surface area contributed by atoms with Gasteiger partial charge < -0.3 is 19.4 Å². The van der Waals surface area contributed by atoms with Crippen molar-refractivity contribution < 1.29 is 9.15 Å². The van der Waals surface area contributed by atoms with Crippen LogP contribution in [0.2, 0.25) is 0 Å². The molecule has 0 amide bonds. The standard InChI is InChI=1S/C20H34N4O2/c1-3-4-5-12-23(2)20(22-11-9-19-8-6-16-26-19)21-10-7-13-24-14-17-25-18-15-24/h3,6,8,16H,1,4-5,7,9-15,17-18H2,2H3,(H,21,22). The van der Waals surface area contributed by atoms with Crippen molar-refractivity contribution in [1.29, 1.82) is 0 Å². The van der Waals surface area contributed by atoms with E-state index in [0.717, 1.165) is 89.9 Å². The van der Waals surface area contributed by atoms with Crippen LogP contribution in [0.5, 0.6) is 0 Å². The average Bonchev–Trinajstić information content (AvgIpc) is 3.18. The molecule has 2 heterocycles. The van der Waals surface area contributed by atoms with Crippen LogP contribution in [0.4, 0.5) is 0 Å². The molecule has 0 aliphatic carbocycles. The maximum Gasteiger partial charge on any atom is 0.193 e. The van der Waals surface area contributed by atoms with Crippen molar-refractivity contribution >= 4 is 5.96 Å². The van der Waals surface area contributed by atoms with E-state index >= 15 is 0 Å². The highest BCUT2D eigenvalue weighted by Crippen LogP contribution is 2.01. The molecule has 0 atom stereocenters. The van der Waals surface area contributed by atoms with Crippen LogP contribution in [-0.2, 0) is 11.2 Å². The Labute approximate surface area is 157 Å². The maximum absolute atomic E-state index is 5.40. The second-order valence-electron chi connectivity index (χ2n) is 6.62. The fraction of sp³-hybridized carbons (Fsp3) is 0.650. The molecule has 2 rings (SSSR count). The lowest BCUT2D eigenvalue weighted by Crippen LogP contribution is -2.40. The Morgan fingerprint density at radius 3 is 2.96 bits per heavy atom. The molecule has 1 aliphatic rings. The smallest absolute Gasteiger partial charge is 0.193 e. The van der Waals surface area contributed by atoms with Crippen LogP contribution in [-0.4, -0.2) is 75.3 Å². The number of ether oxygens (including phenoxy) is 1. The molecule has 1 N–H and O–H groups in total. The predicted octanol–water partition coefficient (Wildman–Crippen LogP) is 2.39. The lowest BCUT2D eigenvalue weighted by molar-refractivity contribution is 0.0377. The zero-order valence-electron chi connectivity index (χ0n) is 16.2. The highest BCUT2D eigenvalue weighted by molar-refractivity contribution is 5.79. The summed E-state index contributed by atoms with van der Waals surface area (Å²) in [6, 6.07) is 3.94. The van der Waals surface area contributed by atoms with Gasteiger partial charge in [0, 0.05) is 52.7 Å². The summed E-state index contributed by atoms with van der Waals surface area (Å²) < 4.78 is 10.8. The minimum atomic E-state index is 0.821. The molecule has 0 saturated carbocycles. The van der Waals surface area contributed by atoms with Gasteiger partial charge in [0.25, 0.3) is 0 Å². The van der Waals surface area contributed by atoms with Gasteiger partial charge in [0.15, 0.2) is 5.96 Å². The minimum Gasteiger partial charge on any atom is -0.469 e. The van der Waals surface area contributed by atoms with Crippen LogP contribution in [0.1, 0.15) is 25.0 Å². The predicted molar refractivity (Wildman–Crippen MR) is 107 cm³/mol. The summed E-state index contributed by atoms with van der Waals surface area (Å²) in [5.74, 6) is 1.97. The molecule has 1 fully saturated rings. The van der Waals surface area contributed by atoms with Crippen LogP contribution < -0.4 is 5.32 Å². The van der Waals surface area contributed by atoms with Gasteiger partial charge in [-0.05, 0) is 31.4 Å². The molecule has 1 aliphatic heterocycles. The van der Waals surface area contributed by atoms with Gasteiger partial charge >= 0.3 is 0 Å². The first-order valence-corrected chi connectivity index (χ1v) is 9.72. The average molecular weight is 363 g/mol. The van der Waals surface area contributed by atoms with Gasteiger partial charge in [-0.3, -0.25) is 9.89 Å². The van der Waals surface area contributed by atoms with Gasteiger partial charge in [0.05, 0.1) is 19.5 Å². The summed E-state index contributed by atoms with van der Waals surface area (Å²) in [5, 5.41) is 3.48. The second-order valence-corrected chi connectivity index (χ2v) is 6.62. The lowest BCUT2D eigenvalue weighted by Gasteiger charge is -2.26. The molecule has 0 bridgehead atoms. The van der Waals surface area contributed by atoms with E-state index in [1.807, 2.05) is 18.2 Å². The molecule has 26 heavy (non-hydrogen) atoms. The molecule has 0 radical (unpaired) electrons. The van der Waals surface area contributed by atoms with Crippen molar-refractivity contribution in [3.05, 3.63) is 36.8 Å². The van der Waals surface area contributed by atoms with E-state index in [4.69, 9.17) is 14.1 Å². The number of nitrogens with one attached hydrogen (secondary N) is 1. The summed E-state index contributed by atoms with van der Waals surface area (Å²) in [7, 11) is 2.10. The monoisotopic (exact) mass is 362 g/mol. The van der Waals surface area contributed by atoms with Crippen LogP contribution in [0.15, 0.2) is 40.5 Å². The van der Waals surface area contributed by atoms with Crippen LogP contribution in [0.25, 0.3) is 0 Å². The number of nitrogens with zero attached hydrogens (tertiary/aromatic N) is 3. The third-order valence-electron chi connectivity index (χ3n) is 4.50. The third kappa shape index (κ3) is 8.06. The van der Waals surface area contributed by atoms with Gasteiger partial charge in [-0.2, -0.15) is 0 Å². The van der Waals surface area contributed by atoms with Gasteiger partial charge in [-0.1, -0.05) is 6.08 Å². The highest BCUT2D eigenvalue weighted by Gasteiger charge is 2.10. The van der Waals surface area contributed by atoms with Gasteiger partial charge in [-0.15, -0.1) is 6.58 Å². The second kappa shape index (κ2) is 12.5. The first-order valence-electron chi connectivity index (χ1n) is 9.72. The lowest BCUT2D eigenvalue weighted by atomic mass is 10.3. The summed E-state index contributed by atoms with van der Waals surface area (Å²) in [4.78, 5) is 9.49. The Balaban J connectivity index is 1.76. The van der Waals surface area contributed by atoms with Crippen LogP contribution >= 0.6 is 0 Å². The number of guanidine groups is 1. The SMILES string of the molecule is C=CCCCN(C)C(=NCCCN1CCOCC1)NCCc1ccco1. The Kier molecular flexibility index (Phi) is 9.90. The quantitative estimate of drug-likeness (QED) is 0.283. The van der Waals surface area contributed by atoms with E-state index in [1.165, 1.54) is 0 Å². The third-order valence-corrected chi connectivity index (χ3v) is 4.50. The summed E-state index contributed by atoms with van der Waals surface area (Å²) in [5.41, 5.74) is 0. The Hall–Kier alpha value is -1.79. The van der Waals surface area contributed by atoms with Crippen LogP contribution in [0.3, 0.4) is 0 Å². The number of allylic oxidation sites excluding steroid dienone is 1.